The molecule has 0 fully saturated rings. The second-order valence-electron chi connectivity index (χ2n) is 4.68. The molecule has 3 nitrogen and oxygen atoms in total. The maximum Gasteiger partial charge on any atom is 0.228 e. The molecule has 0 atom stereocenters. The first-order chi connectivity index (χ1) is 9.99. The first kappa shape index (κ1) is 15.0. The molecule has 0 radical (unpaired) electrons. The molecule has 2 aromatic carbocycles. The third-order valence-corrected chi connectivity index (χ3v) is 2.98. The summed E-state index contributed by atoms with van der Waals surface area (Å²) in [6.45, 7) is 1.76. The minimum Gasteiger partial charge on any atom is -0.494 e. The molecular weight excluding hydrogens is 276 g/mol. The Kier molecular flexibility index (Phi) is 4.52. The molecule has 1 N–H and O–H groups in total. The maximum absolute atomic E-state index is 13.6. The third kappa shape index (κ3) is 3.78. The average Bonchev–Trinajstić information content (AvgIpc) is 2.42. The minimum atomic E-state index is -0.538. The summed E-state index contributed by atoms with van der Waals surface area (Å²) in [6, 6.07) is 8.80. The Morgan fingerprint density at radius 3 is 2.52 bits per heavy atom. The summed E-state index contributed by atoms with van der Waals surface area (Å²) < 4.78 is 31.9. The second kappa shape index (κ2) is 6.35. The van der Waals surface area contributed by atoms with Gasteiger partial charge in [-0.15, -0.1) is 0 Å². The number of carbonyl (C=O) groups excluding carboxylic acids is 1. The Morgan fingerprint density at radius 2 is 1.90 bits per heavy atom. The van der Waals surface area contributed by atoms with E-state index in [1.807, 2.05) is 0 Å². The highest BCUT2D eigenvalue weighted by Gasteiger charge is 2.10. The van der Waals surface area contributed by atoms with Crippen LogP contribution in [0.1, 0.15) is 11.1 Å². The molecule has 1 amide bonds. The molecule has 0 unspecified atom stereocenters. The Bertz CT molecular complexity index is 671. The second-order valence-corrected chi connectivity index (χ2v) is 4.68. The van der Waals surface area contributed by atoms with Gasteiger partial charge in [-0.25, -0.2) is 8.78 Å². The summed E-state index contributed by atoms with van der Waals surface area (Å²) in [5.74, 6) is -1.33. The quantitative estimate of drug-likeness (QED) is 0.936. The molecule has 0 saturated carbocycles. The van der Waals surface area contributed by atoms with E-state index in [-0.39, 0.29) is 17.9 Å². The van der Waals surface area contributed by atoms with Crippen LogP contribution in [-0.4, -0.2) is 13.0 Å². The molecule has 0 heterocycles. The lowest BCUT2D eigenvalue weighted by molar-refractivity contribution is -0.115. The van der Waals surface area contributed by atoms with Crippen molar-refractivity contribution >= 4 is 11.6 Å². The molecular formula is C16H15F2NO2. The van der Waals surface area contributed by atoms with Gasteiger partial charge in [0.05, 0.1) is 19.2 Å². The van der Waals surface area contributed by atoms with Crippen LogP contribution in [-0.2, 0) is 11.2 Å². The topological polar surface area (TPSA) is 38.3 Å². The number of anilines is 1. The van der Waals surface area contributed by atoms with Crippen LogP contribution in [0.2, 0.25) is 0 Å². The van der Waals surface area contributed by atoms with Gasteiger partial charge in [-0.05, 0) is 42.3 Å². The van der Waals surface area contributed by atoms with E-state index in [0.717, 1.165) is 5.56 Å². The van der Waals surface area contributed by atoms with Crippen molar-refractivity contribution in [2.45, 2.75) is 13.3 Å². The van der Waals surface area contributed by atoms with E-state index < -0.39 is 17.5 Å². The average molecular weight is 291 g/mol. The fourth-order valence-corrected chi connectivity index (χ4v) is 1.92. The lowest BCUT2D eigenvalue weighted by Crippen LogP contribution is -2.15. The number of halogens is 2. The van der Waals surface area contributed by atoms with E-state index in [2.05, 4.69) is 5.32 Å². The van der Waals surface area contributed by atoms with Crippen LogP contribution in [0.3, 0.4) is 0 Å². The van der Waals surface area contributed by atoms with Crippen molar-refractivity contribution in [1.82, 2.24) is 0 Å². The Labute approximate surface area is 121 Å². The SMILES string of the molecule is COc1ccc(CC(=O)Nc2ccc(C)cc2F)cc1F. The fraction of sp³-hybridized carbons (Fsp3) is 0.188. The summed E-state index contributed by atoms with van der Waals surface area (Å²) in [5, 5.41) is 2.47. The van der Waals surface area contributed by atoms with E-state index in [1.54, 1.807) is 19.1 Å². The van der Waals surface area contributed by atoms with Crippen molar-refractivity contribution in [2.75, 3.05) is 12.4 Å². The van der Waals surface area contributed by atoms with E-state index in [4.69, 9.17) is 4.74 Å². The maximum atomic E-state index is 13.6. The molecule has 21 heavy (non-hydrogen) atoms. The minimum absolute atomic E-state index is 0.0474. The molecule has 110 valence electrons. The number of ether oxygens (including phenoxy) is 1. The predicted molar refractivity (Wildman–Crippen MR) is 76.4 cm³/mol. The highest BCUT2D eigenvalue weighted by atomic mass is 19.1. The third-order valence-electron chi connectivity index (χ3n) is 2.98. The Hall–Kier alpha value is -2.43. The number of methoxy groups -OCH3 is 1. The van der Waals surface area contributed by atoms with Gasteiger partial charge in [0.2, 0.25) is 5.91 Å². The van der Waals surface area contributed by atoms with Crippen LogP contribution in [0.5, 0.6) is 5.75 Å². The van der Waals surface area contributed by atoms with Gasteiger partial charge in [0.25, 0.3) is 0 Å². The van der Waals surface area contributed by atoms with Crippen LogP contribution in [0.4, 0.5) is 14.5 Å². The van der Waals surface area contributed by atoms with Gasteiger partial charge >= 0.3 is 0 Å². The molecule has 2 aromatic rings. The Balaban J connectivity index is 2.06. The molecule has 2 rings (SSSR count). The van der Waals surface area contributed by atoms with E-state index in [1.165, 1.54) is 31.4 Å². The summed E-state index contributed by atoms with van der Waals surface area (Å²) >= 11 is 0. The molecule has 0 aliphatic rings. The summed E-state index contributed by atoms with van der Waals surface area (Å²) in [6.07, 6.45) is -0.0474. The molecule has 5 heteroatoms. The molecule has 0 aromatic heterocycles. The molecule has 0 aliphatic heterocycles. The number of amides is 1. The first-order valence-electron chi connectivity index (χ1n) is 6.38. The van der Waals surface area contributed by atoms with Crippen molar-refractivity contribution < 1.29 is 18.3 Å². The number of nitrogens with one attached hydrogen (secondary N) is 1. The van der Waals surface area contributed by atoms with Gasteiger partial charge in [0, 0.05) is 0 Å². The van der Waals surface area contributed by atoms with Crippen molar-refractivity contribution in [1.29, 1.82) is 0 Å². The van der Waals surface area contributed by atoms with E-state index in [0.29, 0.717) is 5.56 Å². The van der Waals surface area contributed by atoms with Gasteiger partial charge in [-0.3, -0.25) is 4.79 Å². The van der Waals surface area contributed by atoms with E-state index in [9.17, 15) is 13.6 Å². The van der Waals surface area contributed by atoms with Gasteiger partial charge in [0.15, 0.2) is 11.6 Å². The molecule has 0 bridgehead atoms. The zero-order chi connectivity index (χ0) is 15.4. The number of hydrogen-bond donors (Lipinski definition) is 1. The first-order valence-corrected chi connectivity index (χ1v) is 6.38. The lowest BCUT2D eigenvalue weighted by atomic mass is 10.1. The zero-order valence-corrected chi connectivity index (χ0v) is 11.7. The summed E-state index contributed by atoms with van der Waals surface area (Å²) in [4.78, 5) is 11.9. The molecule has 0 spiro atoms. The number of hydrogen-bond acceptors (Lipinski definition) is 2. The molecule has 0 aliphatic carbocycles. The van der Waals surface area contributed by atoms with Crippen molar-refractivity contribution in [3.63, 3.8) is 0 Å². The van der Waals surface area contributed by atoms with Crippen LogP contribution in [0, 0.1) is 18.6 Å². The van der Waals surface area contributed by atoms with Crippen molar-refractivity contribution in [3.05, 3.63) is 59.2 Å². The normalized spacial score (nSPS) is 10.3. The van der Waals surface area contributed by atoms with Gasteiger partial charge < -0.3 is 10.1 Å². The Morgan fingerprint density at radius 1 is 1.14 bits per heavy atom. The zero-order valence-electron chi connectivity index (χ0n) is 11.7. The smallest absolute Gasteiger partial charge is 0.228 e. The molecule has 0 saturated heterocycles. The van der Waals surface area contributed by atoms with Crippen LogP contribution in [0.15, 0.2) is 36.4 Å². The highest BCUT2D eigenvalue weighted by Crippen LogP contribution is 2.19. The predicted octanol–water partition coefficient (Wildman–Crippen LogP) is 3.46. The number of carbonyl (C=O) groups is 1. The van der Waals surface area contributed by atoms with Crippen LogP contribution >= 0.6 is 0 Å². The lowest BCUT2D eigenvalue weighted by Gasteiger charge is -2.08. The number of aryl methyl sites for hydroxylation is 1. The van der Waals surface area contributed by atoms with Gasteiger partial charge in [-0.1, -0.05) is 12.1 Å². The summed E-state index contributed by atoms with van der Waals surface area (Å²) in [7, 11) is 1.37. The fourth-order valence-electron chi connectivity index (χ4n) is 1.92. The van der Waals surface area contributed by atoms with E-state index >= 15 is 0 Å². The largest absolute Gasteiger partial charge is 0.494 e. The van der Waals surface area contributed by atoms with Crippen molar-refractivity contribution in [2.24, 2.45) is 0 Å². The van der Waals surface area contributed by atoms with Crippen LogP contribution in [0.25, 0.3) is 0 Å². The van der Waals surface area contributed by atoms with Gasteiger partial charge in [-0.2, -0.15) is 0 Å². The van der Waals surface area contributed by atoms with Crippen molar-refractivity contribution in [3.8, 4) is 5.75 Å². The summed E-state index contributed by atoms with van der Waals surface area (Å²) in [5.41, 5.74) is 1.36. The monoisotopic (exact) mass is 291 g/mol. The highest BCUT2D eigenvalue weighted by molar-refractivity contribution is 5.92. The number of benzene rings is 2. The van der Waals surface area contributed by atoms with Gasteiger partial charge in [0.1, 0.15) is 5.82 Å². The van der Waals surface area contributed by atoms with Crippen LogP contribution < -0.4 is 10.1 Å². The number of rotatable bonds is 4. The standard InChI is InChI=1S/C16H15F2NO2/c1-10-3-5-14(12(17)7-10)19-16(20)9-11-4-6-15(21-2)13(18)8-11/h3-8H,9H2,1-2H3,(H,19,20).